The van der Waals surface area contributed by atoms with E-state index in [1.807, 2.05) is 7.05 Å². The highest BCUT2D eigenvalue weighted by atomic mass is 14.8. The zero-order valence-electron chi connectivity index (χ0n) is 8.93. The summed E-state index contributed by atoms with van der Waals surface area (Å²) in [5.41, 5.74) is 6.01. The van der Waals surface area contributed by atoms with Gasteiger partial charge in [-0.05, 0) is 38.3 Å². The molecule has 0 aromatic heterocycles. The van der Waals surface area contributed by atoms with E-state index in [0.717, 1.165) is 18.9 Å². The van der Waals surface area contributed by atoms with Crippen molar-refractivity contribution in [3.05, 3.63) is 0 Å². The van der Waals surface area contributed by atoms with Gasteiger partial charge in [-0.3, -0.25) is 0 Å². The average Bonchev–Trinajstić information content (AvgIpc) is 2.00. The molecule has 0 saturated carbocycles. The van der Waals surface area contributed by atoms with Crippen molar-refractivity contribution in [2.75, 3.05) is 13.6 Å². The standard InChI is InChI=1S/C10H24N2/c1-8(2)5-6-10(11)9(3)7-12-4/h8-10,12H,5-7,11H2,1-4H3. The quantitative estimate of drug-likeness (QED) is 0.639. The van der Waals surface area contributed by atoms with Crippen molar-refractivity contribution in [1.29, 1.82) is 0 Å². The Bertz CT molecular complexity index is 102. The molecule has 2 unspecified atom stereocenters. The summed E-state index contributed by atoms with van der Waals surface area (Å²) in [7, 11) is 1.98. The highest BCUT2D eigenvalue weighted by molar-refractivity contribution is 4.70. The Labute approximate surface area is 76.9 Å². The Balaban J connectivity index is 3.49. The first-order valence-electron chi connectivity index (χ1n) is 4.98. The summed E-state index contributed by atoms with van der Waals surface area (Å²) in [6.45, 7) is 7.73. The van der Waals surface area contributed by atoms with Crippen LogP contribution >= 0.6 is 0 Å². The van der Waals surface area contributed by atoms with Gasteiger partial charge in [-0.15, -0.1) is 0 Å². The Kier molecular flexibility index (Phi) is 6.39. The van der Waals surface area contributed by atoms with Crippen LogP contribution in [0.5, 0.6) is 0 Å². The fourth-order valence-electron chi connectivity index (χ4n) is 1.28. The molecule has 0 fully saturated rings. The third-order valence-electron chi connectivity index (χ3n) is 2.33. The molecule has 0 radical (unpaired) electrons. The molecule has 0 aliphatic heterocycles. The minimum Gasteiger partial charge on any atom is -0.327 e. The van der Waals surface area contributed by atoms with E-state index >= 15 is 0 Å². The lowest BCUT2D eigenvalue weighted by molar-refractivity contribution is 0.387. The van der Waals surface area contributed by atoms with Gasteiger partial charge in [0.15, 0.2) is 0 Å². The molecule has 0 saturated heterocycles. The van der Waals surface area contributed by atoms with E-state index in [-0.39, 0.29) is 0 Å². The third-order valence-corrected chi connectivity index (χ3v) is 2.33. The van der Waals surface area contributed by atoms with Gasteiger partial charge in [0, 0.05) is 6.04 Å². The third kappa shape index (κ3) is 5.56. The van der Waals surface area contributed by atoms with Crippen LogP contribution in [0.3, 0.4) is 0 Å². The molecule has 0 rings (SSSR count). The van der Waals surface area contributed by atoms with Crippen LogP contribution in [-0.2, 0) is 0 Å². The molecule has 3 N–H and O–H groups in total. The molecule has 0 bridgehead atoms. The Morgan fingerprint density at radius 1 is 1.17 bits per heavy atom. The fourth-order valence-corrected chi connectivity index (χ4v) is 1.28. The van der Waals surface area contributed by atoms with Gasteiger partial charge in [-0.25, -0.2) is 0 Å². The Morgan fingerprint density at radius 2 is 1.75 bits per heavy atom. The molecule has 74 valence electrons. The van der Waals surface area contributed by atoms with Gasteiger partial charge in [0.1, 0.15) is 0 Å². The maximum absolute atomic E-state index is 6.01. The minimum absolute atomic E-state index is 0.361. The molecule has 0 heterocycles. The summed E-state index contributed by atoms with van der Waals surface area (Å²) >= 11 is 0. The van der Waals surface area contributed by atoms with E-state index in [4.69, 9.17) is 5.73 Å². The van der Waals surface area contributed by atoms with Gasteiger partial charge >= 0.3 is 0 Å². The number of rotatable bonds is 6. The van der Waals surface area contributed by atoms with Gasteiger partial charge < -0.3 is 11.1 Å². The first-order chi connectivity index (χ1) is 5.57. The zero-order valence-corrected chi connectivity index (χ0v) is 8.93. The van der Waals surface area contributed by atoms with Crippen LogP contribution in [0.15, 0.2) is 0 Å². The van der Waals surface area contributed by atoms with Crippen molar-refractivity contribution in [3.63, 3.8) is 0 Å². The zero-order chi connectivity index (χ0) is 9.56. The van der Waals surface area contributed by atoms with Crippen LogP contribution in [0.2, 0.25) is 0 Å². The molecule has 0 aliphatic rings. The molecular formula is C10H24N2. The number of nitrogens with one attached hydrogen (secondary N) is 1. The molecule has 0 aromatic rings. The van der Waals surface area contributed by atoms with Crippen molar-refractivity contribution in [2.24, 2.45) is 17.6 Å². The predicted molar refractivity (Wildman–Crippen MR) is 55.1 cm³/mol. The maximum atomic E-state index is 6.01. The molecule has 0 amide bonds. The van der Waals surface area contributed by atoms with Gasteiger partial charge in [0.05, 0.1) is 0 Å². The number of hydrogen-bond acceptors (Lipinski definition) is 2. The lowest BCUT2D eigenvalue weighted by atomic mass is 9.95. The van der Waals surface area contributed by atoms with Gasteiger partial charge in [-0.1, -0.05) is 20.8 Å². The first-order valence-corrected chi connectivity index (χ1v) is 4.98. The van der Waals surface area contributed by atoms with Crippen LogP contribution in [0, 0.1) is 11.8 Å². The second-order valence-electron chi connectivity index (χ2n) is 4.17. The van der Waals surface area contributed by atoms with Crippen LogP contribution in [0.1, 0.15) is 33.6 Å². The van der Waals surface area contributed by atoms with Gasteiger partial charge in [-0.2, -0.15) is 0 Å². The van der Waals surface area contributed by atoms with E-state index < -0.39 is 0 Å². The van der Waals surface area contributed by atoms with Crippen LogP contribution in [0.25, 0.3) is 0 Å². The van der Waals surface area contributed by atoms with Crippen molar-refractivity contribution in [1.82, 2.24) is 5.32 Å². The molecule has 0 spiro atoms. The number of nitrogens with two attached hydrogens (primary N) is 1. The Morgan fingerprint density at radius 3 is 2.17 bits per heavy atom. The topological polar surface area (TPSA) is 38.0 Å². The summed E-state index contributed by atoms with van der Waals surface area (Å²) in [6, 6.07) is 0.361. The van der Waals surface area contributed by atoms with Crippen molar-refractivity contribution >= 4 is 0 Å². The van der Waals surface area contributed by atoms with E-state index in [1.54, 1.807) is 0 Å². The van der Waals surface area contributed by atoms with E-state index in [0.29, 0.717) is 12.0 Å². The SMILES string of the molecule is CNCC(C)C(N)CCC(C)C. The highest BCUT2D eigenvalue weighted by Crippen LogP contribution is 2.10. The fraction of sp³-hybridized carbons (Fsp3) is 1.00. The summed E-state index contributed by atoms with van der Waals surface area (Å²) < 4.78 is 0. The molecule has 0 aromatic carbocycles. The second kappa shape index (κ2) is 6.44. The second-order valence-corrected chi connectivity index (χ2v) is 4.17. The van der Waals surface area contributed by atoms with Gasteiger partial charge in [0.25, 0.3) is 0 Å². The average molecular weight is 172 g/mol. The molecule has 12 heavy (non-hydrogen) atoms. The van der Waals surface area contributed by atoms with Crippen molar-refractivity contribution in [2.45, 2.75) is 39.7 Å². The monoisotopic (exact) mass is 172 g/mol. The summed E-state index contributed by atoms with van der Waals surface area (Å²) in [5.74, 6) is 1.37. The molecule has 2 heteroatoms. The first kappa shape index (κ1) is 11.9. The van der Waals surface area contributed by atoms with Crippen LogP contribution in [-0.4, -0.2) is 19.6 Å². The lowest BCUT2D eigenvalue weighted by Crippen LogP contribution is -2.34. The van der Waals surface area contributed by atoms with E-state index in [9.17, 15) is 0 Å². The molecule has 0 aliphatic carbocycles. The largest absolute Gasteiger partial charge is 0.327 e. The van der Waals surface area contributed by atoms with Crippen molar-refractivity contribution in [3.8, 4) is 0 Å². The molecule has 2 atom stereocenters. The van der Waals surface area contributed by atoms with E-state index in [2.05, 4.69) is 26.1 Å². The van der Waals surface area contributed by atoms with Crippen LogP contribution < -0.4 is 11.1 Å². The van der Waals surface area contributed by atoms with Crippen LogP contribution in [0.4, 0.5) is 0 Å². The smallest absolute Gasteiger partial charge is 0.00767 e. The normalized spacial score (nSPS) is 16.5. The minimum atomic E-state index is 0.361. The summed E-state index contributed by atoms with van der Waals surface area (Å²) in [5, 5.41) is 3.16. The Hall–Kier alpha value is -0.0800. The molecule has 2 nitrogen and oxygen atoms in total. The summed E-state index contributed by atoms with van der Waals surface area (Å²) in [6.07, 6.45) is 2.40. The maximum Gasteiger partial charge on any atom is 0.00767 e. The highest BCUT2D eigenvalue weighted by Gasteiger charge is 2.11. The predicted octanol–water partition coefficient (Wildman–Crippen LogP) is 1.61. The number of hydrogen-bond donors (Lipinski definition) is 2. The van der Waals surface area contributed by atoms with Crippen molar-refractivity contribution < 1.29 is 0 Å². The summed E-state index contributed by atoms with van der Waals surface area (Å²) in [4.78, 5) is 0. The molecular weight excluding hydrogens is 148 g/mol. The van der Waals surface area contributed by atoms with E-state index in [1.165, 1.54) is 6.42 Å². The van der Waals surface area contributed by atoms with Gasteiger partial charge in [0.2, 0.25) is 0 Å². The lowest BCUT2D eigenvalue weighted by Gasteiger charge is -2.20.